The van der Waals surface area contributed by atoms with E-state index in [1.54, 1.807) is 28.4 Å². The minimum atomic E-state index is -0.169. The van der Waals surface area contributed by atoms with Crippen LogP contribution < -0.4 is 4.90 Å². The Bertz CT molecular complexity index is 853. The summed E-state index contributed by atoms with van der Waals surface area (Å²) in [6, 6.07) is 9.43. The van der Waals surface area contributed by atoms with Crippen molar-refractivity contribution in [3.05, 3.63) is 59.3 Å². The van der Waals surface area contributed by atoms with Crippen LogP contribution in [0.1, 0.15) is 34.0 Å². The van der Waals surface area contributed by atoms with E-state index in [-0.39, 0.29) is 5.91 Å². The predicted molar refractivity (Wildman–Crippen MR) is 96.8 cm³/mol. The van der Waals surface area contributed by atoms with Crippen molar-refractivity contribution in [3.63, 3.8) is 0 Å². The van der Waals surface area contributed by atoms with Gasteiger partial charge in [-0.1, -0.05) is 24.3 Å². The molecule has 0 spiro atoms. The molecule has 3 aromatic rings. The van der Waals surface area contributed by atoms with Gasteiger partial charge in [-0.05, 0) is 37.8 Å². The van der Waals surface area contributed by atoms with Crippen molar-refractivity contribution in [1.82, 2.24) is 4.98 Å². The number of anilines is 1. The maximum Gasteiger partial charge on any atom is 0.296 e. The van der Waals surface area contributed by atoms with Crippen LogP contribution in [-0.2, 0) is 12.8 Å². The third-order valence-corrected chi connectivity index (χ3v) is 5.44. The van der Waals surface area contributed by atoms with Gasteiger partial charge in [0.1, 0.15) is 5.58 Å². The first kappa shape index (κ1) is 15.1. The maximum absolute atomic E-state index is 13.0. The predicted octanol–water partition coefficient (Wildman–Crippen LogP) is 4.60. The molecule has 2 heterocycles. The Kier molecular flexibility index (Phi) is 3.94. The largest absolute Gasteiger partial charge is 0.451 e. The van der Waals surface area contributed by atoms with Gasteiger partial charge in [-0.25, -0.2) is 4.98 Å². The second-order valence-corrected chi connectivity index (χ2v) is 6.99. The van der Waals surface area contributed by atoms with Gasteiger partial charge in [-0.3, -0.25) is 9.69 Å². The number of benzene rings is 1. The van der Waals surface area contributed by atoms with Gasteiger partial charge in [-0.15, -0.1) is 17.9 Å². The first-order valence-corrected chi connectivity index (χ1v) is 8.98. The number of fused-ring (bicyclic) bond motifs is 2. The molecule has 0 radical (unpaired) electrons. The highest BCUT2D eigenvalue weighted by atomic mass is 32.1. The average molecular weight is 338 g/mol. The normalized spacial score (nSPS) is 13.7. The van der Waals surface area contributed by atoms with Gasteiger partial charge in [0.05, 0.1) is 5.69 Å². The lowest BCUT2D eigenvalue weighted by molar-refractivity contribution is 0.0965. The SMILES string of the molecule is C=CCN(C(=O)c1cc2ccccc2o1)c1nc2c(s1)CCCC2. The smallest absolute Gasteiger partial charge is 0.296 e. The number of amides is 1. The molecule has 0 saturated heterocycles. The highest BCUT2D eigenvalue weighted by Gasteiger charge is 2.25. The molecule has 122 valence electrons. The summed E-state index contributed by atoms with van der Waals surface area (Å²) >= 11 is 1.62. The first-order valence-electron chi connectivity index (χ1n) is 8.16. The van der Waals surface area contributed by atoms with E-state index in [4.69, 9.17) is 9.40 Å². The van der Waals surface area contributed by atoms with Crippen molar-refractivity contribution in [2.45, 2.75) is 25.7 Å². The summed E-state index contributed by atoms with van der Waals surface area (Å²) in [4.78, 5) is 20.6. The Hall–Kier alpha value is -2.40. The van der Waals surface area contributed by atoms with Crippen LogP contribution in [-0.4, -0.2) is 17.4 Å². The van der Waals surface area contributed by atoms with Gasteiger partial charge in [0.25, 0.3) is 5.91 Å². The fourth-order valence-electron chi connectivity index (χ4n) is 3.05. The van der Waals surface area contributed by atoms with Crippen LogP contribution in [0, 0.1) is 0 Å². The molecule has 5 heteroatoms. The Balaban J connectivity index is 1.70. The van der Waals surface area contributed by atoms with Crippen LogP contribution in [0.15, 0.2) is 47.4 Å². The maximum atomic E-state index is 13.0. The molecule has 1 aromatic carbocycles. The number of carbonyl (C=O) groups excluding carboxylic acids is 1. The van der Waals surface area contributed by atoms with Crippen LogP contribution in [0.25, 0.3) is 11.0 Å². The van der Waals surface area contributed by atoms with E-state index in [0.29, 0.717) is 12.3 Å². The van der Waals surface area contributed by atoms with Crippen LogP contribution >= 0.6 is 11.3 Å². The highest BCUT2D eigenvalue weighted by Crippen LogP contribution is 2.33. The van der Waals surface area contributed by atoms with Gasteiger partial charge in [0, 0.05) is 16.8 Å². The molecule has 0 saturated carbocycles. The van der Waals surface area contributed by atoms with Crippen molar-refractivity contribution in [2.24, 2.45) is 0 Å². The standard InChI is InChI=1S/C19H18N2O2S/c1-2-11-21(19-20-14-8-4-6-10-17(14)24-19)18(22)16-12-13-7-3-5-9-15(13)23-16/h2-3,5,7,9,12H,1,4,6,8,10-11H2. The molecule has 1 aliphatic rings. The fourth-order valence-corrected chi connectivity index (χ4v) is 4.21. The number of nitrogens with zero attached hydrogens (tertiary/aromatic N) is 2. The number of thiazole rings is 1. The molecule has 24 heavy (non-hydrogen) atoms. The third kappa shape index (κ3) is 2.65. The zero-order chi connectivity index (χ0) is 16.5. The Morgan fingerprint density at radius 1 is 1.33 bits per heavy atom. The molecule has 0 bridgehead atoms. The monoisotopic (exact) mass is 338 g/mol. The van der Waals surface area contributed by atoms with E-state index in [1.807, 2.05) is 24.3 Å². The number of para-hydroxylation sites is 1. The lowest BCUT2D eigenvalue weighted by Gasteiger charge is -2.16. The van der Waals surface area contributed by atoms with Crippen LogP contribution in [0.2, 0.25) is 0 Å². The van der Waals surface area contributed by atoms with E-state index in [9.17, 15) is 4.79 Å². The lowest BCUT2D eigenvalue weighted by atomic mass is 10.0. The number of furan rings is 1. The van der Waals surface area contributed by atoms with Crippen LogP contribution in [0.5, 0.6) is 0 Å². The molecule has 1 amide bonds. The Morgan fingerprint density at radius 3 is 2.96 bits per heavy atom. The van der Waals surface area contributed by atoms with Crippen molar-refractivity contribution >= 4 is 33.3 Å². The summed E-state index contributed by atoms with van der Waals surface area (Å²) in [7, 11) is 0. The number of rotatable bonds is 4. The summed E-state index contributed by atoms with van der Waals surface area (Å²) in [5.41, 5.74) is 1.87. The van der Waals surface area contributed by atoms with Crippen LogP contribution in [0.4, 0.5) is 5.13 Å². The summed E-state index contributed by atoms with van der Waals surface area (Å²) in [6.45, 7) is 4.20. The van der Waals surface area contributed by atoms with Crippen LogP contribution in [0.3, 0.4) is 0 Å². The summed E-state index contributed by atoms with van der Waals surface area (Å²) in [6.07, 6.45) is 6.17. The molecule has 4 nitrogen and oxygen atoms in total. The summed E-state index contributed by atoms with van der Waals surface area (Å²) in [5.74, 6) is 0.170. The molecule has 4 rings (SSSR count). The molecule has 0 N–H and O–H groups in total. The second-order valence-electron chi connectivity index (χ2n) is 5.93. The van der Waals surface area contributed by atoms with Crippen molar-refractivity contribution in [2.75, 3.05) is 11.4 Å². The quantitative estimate of drug-likeness (QED) is 0.653. The van der Waals surface area contributed by atoms with E-state index in [0.717, 1.165) is 34.6 Å². The number of hydrogen-bond acceptors (Lipinski definition) is 4. The van der Waals surface area contributed by atoms with Crippen molar-refractivity contribution in [1.29, 1.82) is 0 Å². The van der Waals surface area contributed by atoms with E-state index in [1.165, 1.54) is 17.7 Å². The molecule has 0 atom stereocenters. The fraction of sp³-hybridized carbons (Fsp3) is 0.263. The second kappa shape index (κ2) is 6.24. The number of carbonyl (C=O) groups is 1. The molecule has 0 aliphatic heterocycles. The van der Waals surface area contributed by atoms with Gasteiger partial charge >= 0.3 is 0 Å². The molecular formula is C19H18N2O2S. The summed E-state index contributed by atoms with van der Waals surface area (Å²) in [5, 5.41) is 1.67. The summed E-state index contributed by atoms with van der Waals surface area (Å²) < 4.78 is 5.73. The zero-order valence-corrected chi connectivity index (χ0v) is 14.1. The van der Waals surface area contributed by atoms with Gasteiger partial charge in [0.15, 0.2) is 10.9 Å². The number of aromatic nitrogens is 1. The molecule has 0 unspecified atom stereocenters. The molecule has 0 fully saturated rings. The van der Waals surface area contributed by atoms with Crippen molar-refractivity contribution in [3.8, 4) is 0 Å². The Labute approximate surface area is 144 Å². The highest BCUT2D eigenvalue weighted by molar-refractivity contribution is 7.16. The molecular weight excluding hydrogens is 320 g/mol. The van der Waals surface area contributed by atoms with E-state index in [2.05, 4.69) is 6.58 Å². The van der Waals surface area contributed by atoms with Gasteiger partial charge < -0.3 is 4.42 Å². The molecule has 1 aliphatic carbocycles. The van der Waals surface area contributed by atoms with Gasteiger partial charge in [-0.2, -0.15) is 0 Å². The van der Waals surface area contributed by atoms with Crippen molar-refractivity contribution < 1.29 is 9.21 Å². The lowest BCUT2D eigenvalue weighted by Crippen LogP contribution is -2.30. The first-order chi connectivity index (χ1) is 11.8. The zero-order valence-electron chi connectivity index (χ0n) is 13.3. The van der Waals surface area contributed by atoms with E-state index < -0.39 is 0 Å². The van der Waals surface area contributed by atoms with Gasteiger partial charge in [0.2, 0.25) is 0 Å². The minimum Gasteiger partial charge on any atom is -0.451 e. The number of aryl methyl sites for hydroxylation is 2. The molecule has 2 aromatic heterocycles. The van der Waals surface area contributed by atoms with E-state index >= 15 is 0 Å². The number of hydrogen-bond donors (Lipinski definition) is 0. The minimum absolute atomic E-state index is 0.169. The third-order valence-electron chi connectivity index (χ3n) is 4.26. The topological polar surface area (TPSA) is 46.3 Å². The average Bonchev–Trinajstić information content (AvgIpc) is 3.22. The Morgan fingerprint density at radius 2 is 2.17 bits per heavy atom.